The maximum absolute atomic E-state index is 11.9. The van der Waals surface area contributed by atoms with Crippen LogP contribution in [-0.2, 0) is 14.4 Å². The molecule has 66 heavy (non-hydrogen) atoms. The molecule has 0 spiro atoms. The average Bonchev–Trinajstić information content (AvgIpc) is 3.32. The highest BCUT2D eigenvalue weighted by molar-refractivity contribution is 5.95. The molecule has 0 bridgehead atoms. The summed E-state index contributed by atoms with van der Waals surface area (Å²) in [5.74, 6) is -1.25. The molecule has 3 aromatic rings. The summed E-state index contributed by atoms with van der Waals surface area (Å²) in [5.41, 5.74) is 9.99. The summed E-state index contributed by atoms with van der Waals surface area (Å²) < 4.78 is 0. The van der Waals surface area contributed by atoms with Gasteiger partial charge >= 0.3 is 0 Å². The zero-order valence-corrected chi connectivity index (χ0v) is 39.8. The Hall–Kier alpha value is -6.24. The minimum absolute atomic E-state index is 0.0648. The SMILES string of the molecule is CN(C)c1ccc(C(=O)NCCCCCCC(=O)NO)cc1.CN(C)c1ccc(C(=O)NCCCCCCC(=O)NO)cc1.CN(C)c1ccc(C(=O)NCCCCCCC(=O)NO)cc1. The molecule has 0 aromatic heterocycles. The summed E-state index contributed by atoms with van der Waals surface area (Å²) in [6.45, 7) is 1.88. The first-order valence-electron chi connectivity index (χ1n) is 22.6. The molecule has 0 atom stereocenters. The Morgan fingerprint density at radius 2 is 0.561 bits per heavy atom. The van der Waals surface area contributed by atoms with E-state index in [1.54, 1.807) is 16.4 Å². The van der Waals surface area contributed by atoms with E-state index in [0.717, 1.165) is 94.1 Å². The number of carbonyl (C=O) groups is 6. The molecule has 18 heteroatoms. The van der Waals surface area contributed by atoms with E-state index in [1.807, 2.05) is 130 Å². The summed E-state index contributed by atoms with van der Waals surface area (Å²) in [7, 11) is 11.7. The highest BCUT2D eigenvalue weighted by Gasteiger charge is 2.08. The lowest BCUT2D eigenvalue weighted by molar-refractivity contribution is -0.130. The zero-order valence-electron chi connectivity index (χ0n) is 39.8. The molecule has 0 aliphatic heterocycles. The van der Waals surface area contributed by atoms with E-state index < -0.39 is 0 Å². The first kappa shape index (κ1) is 57.8. The highest BCUT2D eigenvalue weighted by Crippen LogP contribution is 2.15. The minimum atomic E-state index is -0.352. The van der Waals surface area contributed by atoms with Crippen molar-refractivity contribution in [3.63, 3.8) is 0 Å². The molecule has 3 aromatic carbocycles. The number of amides is 6. The number of rotatable bonds is 27. The van der Waals surface area contributed by atoms with Gasteiger partial charge in [0.1, 0.15) is 0 Å². The van der Waals surface area contributed by atoms with E-state index in [2.05, 4.69) is 16.0 Å². The number of hydroxylamine groups is 3. The van der Waals surface area contributed by atoms with Gasteiger partial charge in [-0.1, -0.05) is 38.5 Å². The maximum atomic E-state index is 11.9. The number of hydrogen-bond acceptors (Lipinski definition) is 12. The number of unbranched alkanes of at least 4 members (excludes halogenated alkanes) is 9. The number of nitrogens with zero attached hydrogens (tertiary/aromatic N) is 3. The molecule has 6 amide bonds. The molecule has 0 saturated carbocycles. The van der Waals surface area contributed by atoms with E-state index in [0.29, 0.717) is 55.6 Å². The summed E-state index contributed by atoms with van der Waals surface area (Å²) in [6.07, 6.45) is 11.4. The van der Waals surface area contributed by atoms with E-state index >= 15 is 0 Å². The highest BCUT2D eigenvalue weighted by atomic mass is 16.5. The minimum Gasteiger partial charge on any atom is -0.378 e. The van der Waals surface area contributed by atoms with E-state index in [-0.39, 0.29) is 35.4 Å². The van der Waals surface area contributed by atoms with Crippen LogP contribution in [0.5, 0.6) is 0 Å². The predicted octanol–water partition coefficient (Wildman–Crippen LogP) is 5.81. The first-order valence-corrected chi connectivity index (χ1v) is 22.6. The van der Waals surface area contributed by atoms with Crippen LogP contribution in [0, 0.1) is 0 Å². The van der Waals surface area contributed by atoms with Crippen molar-refractivity contribution in [2.24, 2.45) is 0 Å². The third-order valence-corrected chi connectivity index (χ3v) is 10.2. The van der Waals surface area contributed by atoms with Gasteiger partial charge in [-0.2, -0.15) is 0 Å². The van der Waals surface area contributed by atoms with E-state index in [9.17, 15) is 28.8 Å². The summed E-state index contributed by atoms with van der Waals surface area (Å²) in [5, 5.41) is 33.7. The molecule has 0 aliphatic carbocycles. The number of anilines is 3. The summed E-state index contributed by atoms with van der Waals surface area (Å²) in [6, 6.07) is 22.4. The molecule has 0 fully saturated rings. The maximum Gasteiger partial charge on any atom is 0.251 e. The van der Waals surface area contributed by atoms with Gasteiger partial charge in [-0.15, -0.1) is 0 Å². The third kappa shape index (κ3) is 26.5. The second-order valence-electron chi connectivity index (χ2n) is 16.2. The van der Waals surface area contributed by atoms with Gasteiger partial charge in [-0.05, 0) is 111 Å². The molecular formula is C48H75N9O9. The van der Waals surface area contributed by atoms with Gasteiger partial charge in [-0.3, -0.25) is 44.4 Å². The fraction of sp³-hybridized carbons (Fsp3) is 0.500. The van der Waals surface area contributed by atoms with Crippen molar-refractivity contribution in [1.29, 1.82) is 0 Å². The van der Waals surface area contributed by atoms with Crippen molar-refractivity contribution in [1.82, 2.24) is 32.4 Å². The number of nitrogens with one attached hydrogen (secondary N) is 6. The Morgan fingerprint density at radius 1 is 0.348 bits per heavy atom. The molecule has 3 rings (SSSR count). The molecular weight excluding hydrogens is 847 g/mol. The van der Waals surface area contributed by atoms with Gasteiger partial charge in [0.15, 0.2) is 0 Å². The topological polar surface area (TPSA) is 245 Å². The second kappa shape index (κ2) is 35.1. The standard InChI is InChI=1S/3C16H25N3O3/c3*1-19(2)14-10-8-13(9-11-14)16(21)17-12-6-4-3-5-7-15(20)18-22/h3*8-11,22H,3-7,12H2,1-2H3,(H,17,21)(H,18,20). The lowest BCUT2D eigenvalue weighted by Crippen LogP contribution is -2.24. The summed E-state index contributed by atoms with van der Waals surface area (Å²) in [4.78, 5) is 74.1. The Bertz CT molecular complexity index is 1630. The quantitative estimate of drug-likeness (QED) is 0.0250. The number of carbonyl (C=O) groups excluding carboxylic acids is 6. The van der Waals surface area contributed by atoms with Crippen molar-refractivity contribution in [2.45, 2.75) is 96.3 Å². The average molecular weight is 922 g/mol. The summed E-state index contributed by atoms with van der Waals surface area (Å²) >= 11 is 0. The Balaban J connectivity index is 0.000000495. The van der Waals surface area contributed by atoms with Gasteiger partial charge in [-0.25, -0.2) is 16.4 Å². The van der Waals surface area contributed by atoms with Crippen LogP contribution in [-0.4, -0.2) is 113 Å². The predicted molar refractivity (Wildman–Crippen MR) is 258 cm³/mol. The Kier molecular flexibility index (Phi) is 30.7. The van der Waals surface area contributed by atoms with E-state index in [1.165, 1.54) is 0 Å². The fourth-order valence-corrected chi connectivity index (χ4v) is 6.10. The smallest absolute Gasteiger partial charge is 0.251 e. The molecule has 0 aliphatic rings. The lowest BCUT2D eigenvalue weighted by atomic mass is 10.1. The molecule has 18 nitrogen and oxygen atoms in total. The van der Waals surface area contributed by atoms with Crippen LogP contribution in [0.15, 0.2) is 72.8 Å². The van der Waals surface area contributed by atoms with Gasteiger partial charge in [0, 0.05) is 115 Å². The largest absolute Gasteiger partial charge is 0.378 e. The monoisotopic (exact) mass is 922 g/mol. The third-order valence-electron chi connectivity index (χ3n) is 10.2. The van der Waals surface area contributed by atoms with Crippen LogP contribution >= 0.6 is 0 Å². The van der Waals surface area contributed by atoms with Crippen molar-refractivity contribution in [2.75, 3.05) is 76.6 Å². The number of benzene rings is 3. The van der Waals surface area contributed by atoms with Crippen molar-refractivity contribution >= 4 is 52.5 Å². The fourth-order valence-electron chi connectivity index (χ4n) is 6.10. The van der Waals surface area contributed by atoms with Crippen LogP contribution in [0.3, 0.4) is 0 Å². The molecule has 0 saturated heterocycles. The normalized spacial score (nSPS) is 10.1. The van der Waals surface area contributed by atoms with Crippen LogP contribution in [0.1, 0.15) is 127 Å². The van der Waals surface area contributed by atoms with Gasteiger partial charge in [0.2, 0.25) is 17.7 Å². The second-order valence-corrected chi connectivity index (χ2v) is 16.2. The molecule has 0 heterocycles. The van der Waals surface area contributed by atoms with Crippen molar-refractivity contribution < 1.29 is 44.4 Å². The van der Waals surface area contributed by atoms with Crippen LogP contribution < -0.4 is 47.1 Å². The molecule has 9 N–H and O–H groups in total. The van der Waals surface area contributed by atoms with Crippen LogP contribution in [0.4, 0.5) is 17.1 Å². The van der Waals surface area contributed by atoms with Gasteiger partial charge in [0.25, 0.3) is 17.7 Å². The Labute approximate surface area is 390 Å². The number of hydrogen-bond donors (Lipinski definition) is 9. The van der Waals surface area contributed by atoms with E-state index in [4.69, 9.17) is 15.6 Å². The molecule has 0 unspecified atom stereocenters. The molecule has 0 radical (unpaired) electrons. The lowest BCUT2D eigenvalue weighted by Gasteiger charge is -2.12. The first-order chi connectivity index (χ1) is 31.6. The molecule has 366 valence electrons. The zero-order chi connectivity index (χ0) is 49.1. The Morgan fingerprint density at radius 3 is 0.758 bits per heavy atom. The van der Waals surface area contributed by atoms with Crippen molar-refractivity contribution in [3.8, 4) is 0 Å². The van der Waals surface area contributed by atoms with Crippen LogP contribution in [0.2, 0.25) is 0 Å². The van der Waals surface area contributed by atoms with Gasteiger partial charge in [0.05, 0.1) is 0 Å². The van der Waals surface area contributed by atoms with Crippen molar-refractivity contribution in [3.05, 3.63) is 89.5 Å². The van der Waals surface area contributed by atoms with Crippen LogP contribution in [0.25, 0.3) is 0 Å². The van der Waals surface area contributed by atoms with Gasteiger partial charge < -0.3 is 30.7 Å².